The van der Waals surface area contributed by atoms with Crippen LogP contribution in [0.15, 0.2) is 29.1 Å². The number of piperidine rings is 1. The number of hydrogen-bond donors (Lipinski definition) is 1. The minimum absolute atomic E-state index is 0.0650. The highest BCUT2D eigenvalue weighted by atomic mass is 16.1. The van der Waals surface area contributed by atoms with Crippen LogP contribution in [0.4, 0.5) is 0 Å². The van der Waals surface area contributed by atoms with Gasteiger partial charge in [0.1, 0.15) is 5.52 Å². The van der Waals surface area contributed by atoms with E-state index in [1.165, 1.54) is 4.68 Å². The Kier molecular flexibility index (Phi) is 3.80. The number of rotatable bonds is 5. The number of carbonyl (C=O) groups is 1. The molecule has 7 nitrogen and oxygen atoms in total. The van der Waals surface area contributed by atoms with E-state index in [1.807, 2.05) is 12.1 Å². The second kappa shape index (κ2) is 5.98. The molecule has 2 fully saturated rings. The summed E-state index contributed by atoms with van der Waals surface area (Å²) in [5.74, 6) is 1.28. The second-order valence-corrected chi connectivity index (χ2v) is 6.80. The van der Waals surface area contributed by atoms with Crippen molar-refractivity contribution in [1.82, 2.24) is 25.2 Å². The van der Waals surface area contributed by atoms with Gasteiger partial charge in [-0.1, -0.05) is 17.3 Å². The van der Waals surface area contributed by atoms with Gasteiger partial charge in [-0.15, -0.1) is 5.10 Å². The molecule has 1 N–H and O–H groups in total. The molecule has 1 amide bonds. The van der Waals surface area contributed by atoms with Crippen LogP contribution in [0.5, 0.6) is 0 Å². The van der Waals surface area contributed by atoms with E-state index >= 15 is 0 Å². The Morgan fingerprint density at radius 2 is 2.00 bits per heavy atom. The lowest BCUT2D eigenvalue weighted by Gasteiger charge is -2.19. The molecule has 2 aliphatic rings. The summed E-state index contributed by atoms with van der Waals surface area (Å²) in [4.78, 5) is 25.9. The predicted molar refractivity (Wildman–Crippen MR) is 89.4 cm³/mol. The van der Waals surface area contributed by atoms with Crippen LogP contribution in [0.2, 0.25) is 0 Å². The van der Waals surface area contributed by atoms with Gasteiger partial charge in [-0.05, 0) is 36.9 Å². The van der Waals surface area contributed by atoms with E-state index in [4.69, 9.17) is 0 Å². The van der Waals surface area contributed by atoms with Crippen molar-refractivity contribution >= 4 is 16.8 Å². The molecule has 1 aliphatic heterocycles. The Balaban J connectivity index is 1.29. The monoisotopic (exact) mass is 327 g/mol. The number of nitrogens with zero attached hydrogens (tertiary/aromatic N) is 4. The molecular weight excluding hydrogens is 306 g/mol. The van der Waals surface area contributed by atoms with Crippen molar-refractivity contribution in [1.29, 1.82) is 0 Å². The van der Waals surface area contributed by atoms with Crippen molar-refractivity contribution in [2.45, 2.75) is 25.9 Å². The molecular formula is C17H21N5O2. The van der Waals surface area contributed by atoms with Crippen LogP contribution in [0.3, 0.4) is 0 Å². The topological polar surface area (TPSA) is 80.1 Å². The van der Waals surface area contributed by atoms with E-state index in [9.17, 15) is 9.59 Å². The quantitative estimate of drug-likeness (QED) is 0.851. The molecule has 24 heavy (non-hydrogen) atoms. The summed E-state index contributed by atoms with van der Waals surface area (Å²) < 4.78 is 1.46. The summed E-state index contributed by atoms with van der Waals surface area (Å²) in [6, 6.07) is 7.67. The summed E-state index contributed by atoms with van der Waals surface area (Å²) in [6.45, 7) is 5.17. The molecule has 0 bridgehead atoms. The molecule has 2 aromatic rings. The smallest absolute Gasteiger partial charge is 0.277 e. The number of carbonyl (C=O) groups excluding carboxylic acids is 1. The number of hydrogen-bond acceptors (Lipinski definition) is 5. The molecule has 1 saturated carbocycles. The lowest BCUT2D eigenvalue weighted by atomic mass is 10.2. The molecule has 1 aromatic carbocycles. The lowest BCUT2D eigenvalue weighted by molar-refractivity contribution is -0.119. The van der Waals surface area contributed by atoms with Gasteiger partial charge in [-0.2, -0.15) is 0 Å². The molecule has 2 heterocycles. The Labute approximate surface area is 139 Å². The molecule has 1 aliphatic carbocycles. The molecule has 7 heteroatoms. The van der Waals surface area contributed by atoms with Gasteiger partial charge < -0.3 is 10.2 Å². The first-order valence-electron chi connectivity index (χ1n) is 8.45. The van der Waals surface area contributed by atoms with Crippen LogP contribution in [0.25, 0.3) is 10.9 Å². The first-order valence-corrected chi connectivity index (χ1v) is 8.45. The van der Waals surface area contributed by atoms with E-state index in [0.717, 1.165) is 26.1 Å². The SMILES string of the molecule is CC(=O)NC1C2CN(CCCn3nnc4ccccc4c3=O)CC21. The third-order valence-electron chi connectivity index (χ3n) is 5.11. The minimum atomic E-state index is -0.0735. The maximum atomic E-state index is 12.4. The fourth-order valence-corrected chi connectivity index (χ4v) is 3.86. The zero-order valence-corrected chi connectivity index (χ0v) is 13.7. The summed E-state index contributed by atoms with van der Waals surface area (Å²) in [6.07, 6.45) is 0.872. The summed E-state index contributed by atoms with van der Waals surface area (Å²) >= 11 is 0. The molecule has 1 aromatic heterocycles. The largest absolute Gasteiger partial charge is 0.353 e. The van der Waals surface area contributed by atoms with E-state index in [0.29, 0.717) is 35.3 Å². The van der Waals surface area contributed by atoms with Crippen LogP contribution in [0.1, 0.15) is 13.3 Å². The van der Waals surface area contributed by atoms with Crippen LogP contribution < -0.4 is 10.9 Å². The Hall–Kier alpha value is -2.28. The standard InChI is InChI=1S/C17H21N5O2/c1-11(23)18-16-13-9-21(10-14(13)16)7-4-8-22-17(24)12-5-2-3-6-15(12)19-20-22/h2-3,5-6,13-14,16H,4,7-10H2,1H3,(H,18,23). The van der Waals surface area contributed by atoms with Crippen molar-refractivity contribution in [3.63, 3.8) is 0 Å². The molecule has 0 radical (unpaired) electrons. The van der Waals surface area contributed by atoms with Gasteiger partial charge in [0.2, 0.25) is 5.91 Å². The molecule has 2 unspecified atom stereocenters. The predicted octanol–water partition coefficient (Wildman–Crippen LogP) is 0.248. The van der Waals surface area contributed by atoms with E-state index in [1.54, 1.807) is 19.1 Å². The number of benzene rings is 1. The zero-order valence-electron chi connectivity index (χ0n) is 13.7. The normalized spacial score (nSPS) is 25.6. The first kappa shape index (κ1) is 15.3. The first-order chi connectivity index (χ1) is 11.6. The third-order valence-corrected chi connectivity index (χ3v) is 5.11. The van der Waals surface area contributed by atoms with Gasteiger partial charge >= 0.3 is 0 Å². The number of aromatic nitrogens is 3. The van der Waals surface area contributed by atoms with E-state index in [2.05, 4.69) is 20.5 Å². The fourth-order valence-electron chi connectivity index (χ4n) is 3.86. The fraction of sp³-hybridized carbons (Fsp3) is 0.529. The summed E-state index contributed by atoms with van der Waals surface area (Å²) in [7, 11) is 0. The van der Waals surface area contributed by atoms with E-state index < -0.39 is 0 Å². The van der Waals surface area contributed by atoms with Crippen molar-refractivity contribution in [3.05, 3.63) is 34.6 Å². The van der Waals surface area contributed by atoms with Crippen LogP contribution >= 0.6 is 0 Å². The van der Waals surface area contributed by atoms with Gasteiger partial charge in [0.15, 0.2) is 0 Å². The van der Waals surface area contributed by atoms with Crippen LogP contribution in [0, 0.1) is 11.8 Å². The molecule has 4 rings (SSSR count). The molecule has 1 saturated heterocycles. The number of aryl methyl sites for hydroxylation is 1. The van der Waals surface area contributed by atoms with Crippen molar-refractivity contribution in [2.24, 2.45) is 11.8 Å². The zero-order chi connectivity index (χ0) is 16.7. The third kappa shape index (κ3) is 2.80. The summed E-state index contributed by atoms with van der Waals surface area (Å²) in [5, 5.41) is 11.8. The average molecular weight is 327 g/mol. The van der Waals surface area contributed by atoms with Gasteiger partial charge in [0.05, 0.1) is 5.39 Å². The Bertz CT molecular complexity index is 821. The highest BCUT2D eigenvalue weighted by Gasteiger charge is 2.55. The highest BCUT2D eigenvalue weighted by molar-refractivity contribution is 5.76. The van der Waals surface area contributed by atoms with Crippen molar-refractivity contribution < 1.29 is 4.79 Å². The Morgan fingerprint density at radius 1 is 1.25 bits per heavy atom. The lowest BCUT2D eigenvalue weighted by Crippen LogP contribution is -2.34. The minimum Gasteiger partial charge on any atom is -0.353 e. The maximum absolute atomic E-state index is 12.4. The molecule has 2 atom stereocenters. The van der Waals surface area contributed by atoms with Crippen molar-refractivity contribution in [3.8, 4) is 0 Å². The van der Waals surface area contributed by atoms with Gasteiger partial charge in [0.25, 0.3) is 5.56 Å². The van der Waals surface area contributed by atoms with Crippen LogP contribution in [-0.2, 0) is 11.3 Å². The number of nitrogens with one attached hydrogen (secondary N) is 1. The average Bonchev–Trinajstić information content (AvgIpc) is 3.01. The maximum Gasteiger partial charge on any atom is 0.277 e. The summed E-state index contributed by atoms with van der Waals surface area (Å²) in [5.41, 5.74) is 0.568. The van der Waals surface area contributed by atoms with Gasteiger partial charge in [-0.25, -0.2) is 4.68 Å². The van der Waals surface area contributed by atoms with Crippen LogP contribution in [-0.4, -0.2) is 51.5 Å². The van der Waals surface area contributed by atoms with Gasteiger partial charge in [-0.3, -0.25) is 9.59 Å². The second-order valence-electron chi connectivity index (χ2n) is 6.80. The number of likely N-dealkylation sites (tertiary alicyclic amines) is 1. The number of amides is 1. The molecule has 0 spiro atoms. The molecule has 126 valence electrons. The highest BCUT2D eigenvalue weighted by Crippen LogP contribution is 2.45. The van der Waals surface area contributed by atoms with Gasteiger partial charge in [0, 0.05) is 32.6 Å². The number of fused-ring (bicyclic) bond motifs is 2. The Morgan fingerprint density at radius 3 is 2.75 bits per heavy atom. The van der Waals surface area contributed by atoms with E-state index in [-0.39, 0.29) is 11.5 Å². The van der Waals surface area contributed by atoms with Crippen molar-refractivity contribution in [2.75, 3.05) is 19.6 Å².